The van der Waals surface area contributed by atoms with Crippen LogP contribution in [0.15, 0.2) is 42.5 Å². The molecule has 1 heterocycles. The second-order valence-corrected chi connectivity index (χ2v) is 5.35. The van der Waals surface area contributed by atoms with Crippen molar-refractivity contribution in [1.82, 2.24) is 5.32 Å². The lowest BCUT2D eigenvalue weighted by molar-refractivity contribution is -0.124. The number of benzene rings is 2. The molecule has 3 rings (SSSR count). The summed E-state index contributed by atoms with van der Waals surface area (Å²) < 4.78 is 15.4. The number of ether oxygens (including phenoxy) is 3. The van der Waals surface area contributed by atoms with Crippen LogP contribution in [0.5, 0.6) is 11.5 Å². The Labute approximate surface area is 139 Å². The third-order valence-electron chi connectivity index (χ3n) is 3.68. The van der Waals surface area contributed by atoms with Gasteiger partial charge in [0.2, 0.25) is 6.79 Å². The van der Waals surface area contributed by atoms with Gasteiger partial charge >= 0.3 is 5.97 Å². The molecule has 0 fully saturated rings. The van der Waals surface area contributed by atoms with Crippen LogP contribution < -0.4 is 14.8 Å². The van der Waals surface area contributed by atoms with E-state index in [-0.39, 0.29) is 19.3 Å². The fourth-order valence-electron chi connectivity index (χ4n) is 2.29. The van der Waals surface area contributed by atoms with E-state index in [0.717, 1.165) is 11.1 Å². The summed E-state index contributed by atoms with van der Waals surface area (Å²) >= 11 is 0. The number of aryl methyl sites for hydroxylation is 1. The largest absolute Gasteiger partial charge is 0.454 e. The predicted molar refractivity (Wildman–Crippen MR) is 85.9 cm³/mol. The zero-order valence-electron chi connectivity index (χ0n) is 13.2. The average Bonchev–Trinajstić information content (AvgIpc) is 3.06. The van der Waals surface area contributed by atoms with Crippen LogP contribution in [0.4, 0.5) is 0 Å². The molecule has 1 aliphatic heterocycles. The van der Waals surface area contributed by atoms with Crippen LogP contribution in [-0.2, 0) is 16.1 Å². The molecule has 0 aliphatic carbocycles. The number of rotatable bonds is 5. The van der Waals surface area contributed by atoms with E-state index in [9.17, 15) is 9.59 Å². The SMILES string of the molecule is Cc1ccccc1CNC(=O)COC(=O)c1ccc2c(c1)OCO2. The van der Waals surface area contributed by atoms with E-state index < -0.39 is 5.97 Å². The molecule has 0 saturated carbocycles. The summed E-state index contributed by atoms with van der Waals surface area (Å²) in [5.41, 5.74) is 2.43. The molecular weight excluding hydrogens is 310 g/mol. The normalized spacial score (nSPS) is 11.9. The number of nitrogens with one attached hydrogen (secondary N) is 1. The second kappa shape index (κ2) is 7.04. The molecule has 0 radical (unpaired) electrons. The van der Waals surface area contributed by atoms with Crippen molar-refractivity contribution < 1.29 is 23.8 Å². The van der Waals surface area contributed by atoms with Crippen LogP contribution in [0.2, 0.25) is 0 Å². The molecule has 0 atom stereocenters. The van der Waals surface area contributed by atoms with Crippen molar-refractivity contribution in [1.29, 1.82) is 0 Å². The van der Waals surface area contributed by atoms with Gasteiger partial charge in [-0.05, 0) is 36.2 Å². The Morgan fingerprint density at radius 3 is 2.75 bits per heavy atom. The van der Waals surface area contributed by atoms with E-state index in [2.05, 4.69) is 5.32 Å². The summed E-state index contributed by atoms with van der Waals surface area (Å²) in [5.74, 6) is 0.141. The maximum Gasteiger partial charge on any atom is 0.338 e. The van der Waals surface area contributed by atoms with Crippen molar-refractivity contribution in [3.8, 4) is 11.5 Å². The molecule has 0 unspecified atom stereocenters. The van der Waals surface area contributed by atoms with Gasteiger partial charge in [-0.15, -0.1) is 0 Å². The monoisotopic (exact) mass is 327 g/mol. The first-order chi connectivity index (χ1) is 11.6. The van der Waals surface area contributed by atoms with Crippen LogP contribution in [0.25, 0.3) is 0 Å². The standard InChI is InChI=1S/C18H17NO5/c1-12-4-2-3-5-14(12)9-19-17(20)10-22-18(21)13-6-7-15-16(8-13)24-11-23-15/h2-8H,9-11H2,1H3,(H,19,20). The lowest BCUT2D eigenvalue weighted by Gasteiger charge is -2.08. The van der Waals surface area contributed by atoms with Gasteiger partial charge in [-0.1, -0.05) is 24.3 Å². The maximum absolute atomic E-state index is 12.0. The molecule has 124 valence electrons. The molecule has 1 amide bonds. The van der Waals surface area contributed by atoms with Gasteiger partial charge in [0.1, 0.15) is 0 Å². The lowest BCUT2D eigenvalue weighted by atomic mass is 10.1. The van der Waals surface area contributed by atoms with Crippen molar-refractivity contribution in [2.24, 2.45) is 0 Å². The summed E-state index contributed by atoms with van der Waals surface area (Å²) in [4.78, 5) is 23.8. The Balaban J connectivity index is 1.49. The van der Waals surface area contributed by atoms with Crippen molar-refractivity contribution in [3.05, 3.63) is 59.2 Å². The quantitative estimate of drug-likeness (QED) is 0.852. The minimum Gasteiger partial charge on any atom is -0.454 e. The first kappa shape index (κ1) is 15.9. The molecule has 6 nitrogen and oxygen atoms in total. The third kappa shape index (κ3) is 3.65. The van der Waals surface area contributed by atoms with Crippen molar-refractivity contribution in [2.75, 3.05) is 13.4 Å². The average molecular weight is 327 g/mol. The first-order valence-corrected chi connectivity index (χ1v) is 7.51. The number of carbonyl (C=O) groups is 2. The Hall–Kier alpha value is -3.02. The Kier molecular flexibility index (Phi) is 4.65. The molecule has 2 aromatic rings. The van der Waals surface area contributed by atoms with E-state index >= 15 is 0 Å². The fraction of sp³-hybridized carbons (Fsp3) is 0.222. The van der Waals surface area contributed by atoms with Gasteiger partial charge in [0.15, 0.2) is 18.1 Å². The first-order valence-electron chi connectivity index (χ1n) is 7.51. The van der Waals surface area contributed by atoms with Gasteiger partial charge in [0.05, 0.1) is 5.56 Å². The van der Waals surface area contributed by atoms with Crippen LogP contribution in [0, 0.1) is 6.92 Å². The highest BCUT2D eigenvalue weighted by atomic mass is 16.7. The molecule has 24 heavy (non-hydrogen) atoms. The Morgan fingerprint density at radius 1 is 1.12 bits per heavy atom. The van der Waals surface area contributed by atoms with Crippen LogP contribution in [-0.4, -0.2) is 25.3 Å². The molecule has 0 bridgehead atoms. The van der Waals surface area contributed by atoms with Gasteiger partial charge in [0, 0.05) is 6.54 Å². The molecule has 2 aromatic carbocycles. The number of carbonyl (C=O) groups excluding carboxylic acids is 2. The summed E-state index contributed by atoms with van der Waals surface area (Å²) in [7, 11) is 0. The number of fused-ring (bicyclic) bond motifs is 1. The van der Waals surface area contributed by atoms with Crippen LogP contribution >= 0.6 is 0 Å². The van der Waals surface area contributed by atoms with Gasteiger partial charge in [0.25, 0.3) is 5.91 Å². The highest BCUT2D eigenvalue weighted by molar-refractivity contribution is 5.92. The maximum atomic E-state index is 12.0. The number of amides is 1. The molecule has 1 N–H and O–H groups in total. The van der Waals surface area contributed by atoms with Gasteiger partial charge in [-0.3, -0.25) is 4.79 Å². The predicted octanol–water partition coefficient (Wildman–Crippen LogP) is 2.20. The molecule has 0 saturated heterocycles. The van der Waals surface area contributed by atoms with E-state index in [1.165, 1.54) is 6.07 Å². The van der Waals surface area contributed by atoms with Crippen LogP contribution in [0.1, 0.15) is 21.5 Å². The molecule has 1 aliphatic rings. The topological polar surface area (TPSA) is 73.9 Å². The lowest BCUT2D eigenvalue weighted by Crippen LogP contribution is -2.28. The Bertz CT molecular complexity index is 772. The van der Waals surface area contributed by atoms with Gasteiger partial charge in [-0.2, -0.15) is 0 Å². The molecule has 0 aromatic heterocycles. The van der Waals surface area contributed by atoms with E-state index in [1.807, 2.05) is 31.2 Å². The zero-order chi connectivity index (χ0) is 16.9. The highest BCUT2D eigenvalue weighted by Crippen LogP contribution is 2.32. The number of esters is 1. The van der Waals surface area contributed by atoms with E-state index in [4.69, 9.17) is 14.2 Å². The smallest absolute Gasteiger partial charge is 0.338 e. The van der Waals surface area contributed by atoms with Gasteiger partial charge < -0.3 is 19.5 Å². The summed E-state index contributed by atoms with van der Waals surface area (Å²) in [6.07, 6.45) is 0. The van der Waals surface area contributed by atoms with Crippen molar-refractivity contribution in [2.45, 2.75) is 13.5 Å². The molecular formula is C18H17NO5. The summed E-state index contributed by atoms with van der Waals surface area (Å²) in [6, 6.07) is 12.5. The summed E-state index contributed by atoms with van der Waals surface area (Å²) in [6.45, 7) is 2.17. The molecule has 0 spiro atoms. The van der Waals surface area contributed by atoms with Gasteiger partial charge in [-0.25, -0.2) is 4.79 Å². The number of hydrogen-bond acceptors (Lipinski definition) is 5. The van der Waals surface area contributed by atoms with Crippen molar-refractivity contribution >= 4 is 11.9 Å². The molecule has 6 heteroatoms. The summed E-state index contributed by atoms with van der Waals surface area (Å²) in [5, 5.41) is 2.73. The van der Waals surface area contributed by atoms with E-state index in [1.54, 1.807) is 12.1 Å². The van der Waals surface area contributed by atoms with E-state index in [0.29, 0.717) is 23.6 Å². The van der Waals surface area contributed by atoms with Crippen LogP contribution in [0.3, 0.4) is 0 Å². The van der Waals surface area contributed by atoms with Crippen molar-refractivity contribution in [3.63, 3.8) is 0 Å². The zero-order valence-corrected chi connectivity index (χ0v) is 13.2. The Morgan fingerprint density at radius 2 is 1.92 bits per heavy atom. The third-order valence-corrected chi connectivity index (χ3v) is 3.68. The minimum atomic E-state index is -0.584. The second-order valence-electron chi connectivity index (χ2n) is 5.35. The minimum absolute atomic E-state index is 0.134. The number of hydrogen-bond donors (Lipinski definition) is 1. The fourth-order valence-corrected chi connectivity index (χ4v) is 2.29. The highest BCUT2D eigenvalue weighted by Gasteiger charge is 2.17.